The van der Waals surface area contributed by atoms with Crippen LogP contribution in [0.15, 0.2) is 67.0 Å². The lowest BCUT2D eigenvalue weighted by atomic mass is 9.99. The summed E-state index contributed by atoms with van der Waals surface area (Å²) < 4.78 is 16.9. The molecule has 2 aromatic carbocycles. The molecule has 6 nitrogen and oxygen atoms in total. The SMILES string of the molecule is CC(C(=O)Nc1cccc(Oc2ccncc2)c1)c1ccc2c(c1)OCCO2. The fraction of sp³-hybridized carbons (Fsp3) is 0.182. The zero-order chi connectivity index (χ0) is 19.3. The average molecular weight is 376 g/mol. The Bertz CT molecular complexity index is 975. The smallest absolute Gasteiger partial charge is 0.231 e. The van der Waals surface area contributed by atoms with Crippen LogP contribution < -0.4 is 19.5 Å². The molecule has 0 radical (unpaired) electrons. The van der Waals surface area contributed by atoms with Gasteiger partial charge in [-0.15, -0.1) is 0 Å². The van der Waals surface area contributed by atoms with Gasteiger partial charge in [-0.2, -0.15) is 0 Å². The van der Waals surface area contributed by atoms with Crippen molar-refractivity contribution in [1.82, 2.24) is 4.98 Å². The monoisotopic (exact) mass is 376 g/mol. The van der Waals surface area contributed by atoms with Gasteiger partial charge in [-0.25, -0.2) is 0 Å². The molecule has 142 valence electrons. The Balaban J connectivity index is 1.45. The molecule has 0 bridgehead atoms. The minimum absolute atomic E-state index is 0.113. The van der Waals surface area contributed by atoms with Gasteiger partial charge < -0.3 is 19.5 Å². The van der Waals surface area contributed by atoms with Crippen LogP contribution in [0.2, 0.25) is 0 Å². The summed E-state index contributed by atoms with van der Waals surface area (Å²) in [6, 6.07) is 16.4. The number of benzene rings is 2. The largest absolute Gasteiger partial charge is 0.486 e. The van der Waals surface area contributed by atoms with Crippen LogP contribution in [0.5, 0.6) is 23.0 Å². The highest BCUT2D eigenvalue weighted by molar-refractivity contribution is 5.95. The molecular weight excluding hydrogens is 356 g/mol. The van der Waals surface area contributed by atoms with Crippen molar-refractivity contribution in [3.63, 3.8) is 0 Å². The van der Waals surface area contributed by atoms with Gasteiger partial charge >= 0.3 is 0 Å². The van der Waals surface area contributed by atoms with E-state index in [1.54, 1.807) is 30.6 Å². The maximum atomic E-state index is 12.7. The number of amides is 1. The third kappa shape index (κ3) is 4.06. The number of aromatic nitrogens is 1. The van der Waals surface area contributed by atoms with Crippen LogP contribution in [-0.2, 0) is 4.79 Å². The van der Waals surface area contributed by atoms with Crippen LogP contribution in [0.4, 0.5) is 5.69 Å². The lowest BCUT2D eigenvalue weighted by Crippen LogP contribution is -2.20. The van der Waals surface area contributed by atoms with Gasteiger partial charge in [0.2, 0.25) is 5.91 Å². The number of hydrogen-bond donors (Lipinski definition) is 1. The third-order valence-corrected chi connectivity index (χ3v) is 4.45. The van der Waals surface area contributed by atoms with Crippen molar-refractivity contribution in [3.05, 3.63) is 72.6 Å². The van der Waals surface area contributed by atoms with Crippen molar-refractivity contribution in [2.75, 3.05) is 18.5 Å². The summed E-state index contributed by atoms with van der Waals surface area (Å²) in [6.07, 6.45) is 3.33. The van der Waals surface area contributed by atoms with Crippen molar-refractivity contribution in [1.29, 1.82) is 0 Å². The average Bonchev–Trinajstić information content (AvgIpc) is 2.74. The van der Waals surface area contributed by atoms with Crippen LogP contribution in [0.3, 0.4) is 0 Å². The maximum absolute atomic E-state index is 12.7. The van der Waals surface area contributed by atoms with E-state index in [1.807, 2.05) is 43.3 Å². The van der Waals surface area contributed by atoms with Gasteiger partial charge in [0, 0.05) is 24.1 Å². The predicted octanol–water partition coefficient (Wildman–Crippen LogP) is 4.39. The maximum Gasteiger partial charge on any atom is 0.231 e. The van der Waals surface area contributed by atoms with Gasteiger partial charge in [0.05, 0.1) is 5.92 Å². The van der Waals surface area contributed by atoms with Gasteiger partial charge in [0.1, 0.15) is 24.7 Å². The number of pyridine rings is 1. The lowest BCUT2D eigenvalue weighted by Gasteiger charge is -2.20. The zero-order valence-corrected chi connectivity index (χ0v) is 15.4. The molecule has 1 aromatic heterocycles. The van der Waals surface area contributed by atoms with Crippen molar-refractivity contribution in [3.8, 4) is 23.0 Å². The molecule has 28 heavy (non-hydrogen) atoms. The van der Waals surface area contributed by atoms with Crippen molar-refractivity contribution in [2.24, 2.45) is 0 Å². The van der Waals surface area contributed by atoms with E-state index in [-0.39, 0.29) is 11.8 Å². The number of rotatable bonds is 5. The molecule has 1 aliphatic rings. The summed E-state index contributed by atoms with van der Waals surface area (Å²) in [7, 11) is 0. The van der Waals surface area contributed by atoms with Crippen LogP contribution in [0.25, 0.3) is 0 Å². The van der Waals surface area contributed by atoms with E-state index < -0.39 is 0 Å². The Hall–Kier alpha value is -3.54. The fourth-order valence-electron chi connectivity index (χ4n) is 2.91. The summed E-state index contributed by atoms with van der Waals surface area (Å²) >= 11 is 0. The molecule has 6 heteroatoms. The molecule has 2 heterocycles. The van der Waals surface area contributed by atoms with Gasteiger partial charge in [0.15, 0.2) is 11.5 Å². The second-order valence-electron chi connectivity index (χ2n) is 6.43. The molecular formula is C22H20N2O4. The Morgan fingerprint density at radius 2 is 1.79 bits per heavy atom. The van der Waals surface area contributed by atoms with Gasteiger partial charge in [-0.05, 0) is 48.9 Å². The molecule has 0 fully saturated rings. The first-order chi connectivity index (χ1) is 13.7. The van der Waals surface area contributed by atoms with Gasteiger partial charge in [-0.1, -0.05) is 12.1 Å². The topological polar surface area (TPSA) is 69.7 Å². The number of anilines is 1. The Labute approximate surface area is 163 Å². The first-order valence-corrected chi connectivity index (χ1v) is 9.07. The molecule has 1 amide bonds. The van der Waals surface area contributed by atoms with E-state index in [0.29, 0.717) is 41.9 Å². The molecule has 4 rings (SSSR count). The zero-order valence-electron chi connectivity index (χ0n) is 15.4. The first kappa shape index (κ1) is 17.9. The van der Waals surface area contributed by atoms with Crippen LogP contribution in [-0.4, -0.2) is 24.1 Å². The minimum atomic E-state index is -0.347. The molecule has 0 spiro atoms. The summed E-state index contributed by atoms with van der Waals surface area (Å²) in [5.41, 5.74) is 1.53. The highest BCUT2D eigenvalue weighted by Gasteiger charge is 2.19. The van der Waals surface area contributed by atoms with E-state index in [1.165, 1.54) is 0 Å². The molecule has 1 N–H and O–H groups in total. The second kappa shape index (κ2) is 8.00. The molecule has 0 saturated carbocycles. The quantitative estimate of drug-likeness (QED) is 0.715. The van der Waals surface area contributed by atoms with Gasteiger partial charge in [0.25, 0.3) is 0 Å². The molecule has 0 aliphatic carbocycles. The number of carbonyl (C=O) groups is 1. The predicted molar refractivity (Wildman–Crippen MR) is 105 cm³/mol. The van der Waals surface area contributed by atoms with Crippen molar-refractivity contribution in [2.45, 2.75) is 12.8 Å². The number of nitrogens with zero attached hydrogens (tertiary/aromatic N) is 1. The van der Waals surface area contributed by atoms with Gasteiger partial charge in [-0.3, -0.25) is 9.78 Å². The Kier molecular flexibility index (Phi) is 5.10. The first-order valence-electron chi connectivity index (χ1n) is 9.07. The number of fused-ring (bicyclic) bond motifs is 1. The summed E-state index contributed by atoms with van der Waals surface area (Å²) in [5.74, 6) is 2.25. The number of ether oxygens (including phenoxy) is 3. The molecule has 1 unspecified atom stereocenters. The molecule has 3 aromatic rings. The van der Waals surface area contributed by atoms with Crippen molar-refractivity contribution >= 4 is 11.6 Å². The highest BCUT2D eigenvalue weighted by Crippen LogP contribution is 2.33. The summed E-state index contributed by atoms with van der Waals surface area (Å²) in [6.45, 7) is 2.92. The van der Waals surface area contributed by atoms with Crippen molar-refractivity contribution < 1.29 is 19.0 Å². The molecule has 1 atom stereocenters. The summed E-state index contributed by atoms with van der Waals surface area (Å²) in [5, 5.41) is 2.94. The van der Waals surface area contributed by atoms with Crippen LogP contribution in [0.1, 0.15) is 18.4 Å². The van der Waals surface area contributed by atoms with E-state index in [4.69, 9.17) is 14.2 Å². The molecule has 0 saturated heterocycles. The second-order valence-corrected chi connectivity index (χ2v) is 6.43. The Morgan fingerprint density at radius 3 is 2.61 bits per heavy atom. The number of carbonyl (C=O) groups excluding carboxylic acids is 1. The Morgan fingerprint density at radius 1 is 1.00 bits per heavy atom. The van der Waals surface area contributed by atoms with E-state index in [0.717, 1.165) is 5.56 Å². The van der Waals surface area contributed by atoms with Crippen LogP contribution >= 0.6 is 0 Å². The number of nitrogens with one attached hydrogen (secondary N) is 1. The van der Waals surface area contributed by atoms with E-state index in [2.05, 4.69) is 10.3 Å². The normalized spacial score (nSPS) is 13.5. The third-order valence-electron chi connectivity index (χ3n) is 4.45. The summed E-state index contributed by atoms with van der Waals surface area (Å²) in [4.78, 5) is 16.7. The fourth-order valence-corrected chi connectivity index (χ4v) is 2.91. The van der Waals surface area contributed by atoms with Crippen LogP contribution in [0, 0.1) is 0 Å². The number of hydrogen-bond acceptors (Lipinski definition) is 5. The van der Waals surface area contributed by atoms with E-state index in [9.17, 15) is 4.79 Å². The highest BCUT2D eigenvalue weighted by atomic mass is 16.6. The van der Waals surface area contributed by atoms with E-state index >= 15 is 0 Å². The molecule has 1 aliphatic heterocycles. The standard InChI is InChI=1S/C22H20N2O4/c1-15(16-5-6-20-21(13-16)27-12-11-26-20)22(25)24-17-3-2-4-19(14-17)28-18-7-9-23-10-8-18/h2-10,13-15H,11-12H2,1H3,(H,24,25). The lowest BCUT2D eigenvalue weighted by molar-refractivity contribution is -0.117. The minimum Gasteiger partial charge on any atom is -0.486 e.